The summed E-state index contributed by atoms with van der Waals surface area (Å²) in [7, 11) is 0. The van der Waals surface area contributed by atoms with Gasteiger partial charge in [-0.2, -0.15) is 0 Å². The number of aromatic nitrogens is 1. The number of hydrogen-bond acceptors (Lipinski definition) is 4. The van der Waals surface area contributed by atoms with E-state index in [1.54, 1.807) is 12.1 Å². The number of halogens is 2. The Bertz CT molecular complexity index is 762. The number of nitrogens with zero attached hydrogens (tertiary/aromatic N) is 2. The first kappa shape index (κ1) is 16.0. The van der Waals surface area contributed by atoms with Gasteiger partial charge in [0.2, 0.25) is 11.8 Å². The van der Waals surface area contributed by atoms with Crippen LogP contribution in [0.2, 0.25) is 0 Å². The lowest BCUT2D eigenvalue weighted by atomic mass is 10.1. The van der Waals surface area contributed by atoms with Crippen molar-refractivity contribution in [2.75, 3.05) is 13.2 Å². The predicted octanol–water partition coefficient (Wildman–Crippen LogP) is 2.55. The molecule has 0 radical (unpaired) electrons. The minimum Gasteiger partial charge on any atom is -0.490 e. The molecule has 0 saturated carbocycles. The monoisotopic (exact) mass is 332 g/mol. The molecule has 0 bridgehead atoms. The van der Waals surface area contributed by atoms with Crippen molar-refractivity contribution in [2.45, 2.75) is 12.8 Å². The molecule has 2 amide bonds. The highest BCUT2D eigenvalue weighted by Gasteiger charge is 2.28. The fraction of sp³-hybridized carbons (Fsp3) is 0.235. The van der Waals surface area contributed by atoms with E-state index >= 15 is 0 Å². The number of hydrogen-bond donors (Lipinski definition) is 0. The SMILES string of the molecule is O=C1CCC(=O)N1CCOc1ccc(-c2ccc(F)c(F)c2)nc1. The second-order valence-electron chi connectivity index (χ2n) is 5.30. The van der Waals surface area contributed by atoms with Crippen molar-refractivity contribution in [1.82, 2.24) is 9.88 Å². The van der Waals surface area contributed by atoms with Crippen molar-refractivity contribution in [1.29, 1.82) is 0 Å². The van der Waals surface area contributed by atoms with Gasteiger partial charge >= 0.3 is 0 Å². The van der Waals surface area contributed by atoms with Crippen LogP contribution in [0.1, 0.15) is 12.8 Å². The van der Waals surface area contributed by atoms with E-state index in [1.165, 1.54) is 17.2 Å². The molecular formula is C17H14F2N2O3. The van der Waals surface area contributed by atoms with Gasteiger partial charge in [0.25, 0.3) is 0 Å². The molecule has 124 valence electrons. The molecule has 0 N–H and O–H groups in total. The maximum atomic E-state index is 13.2. The number of rotatable bonds is 5. The number of likely N-dealkylation sites (tertiary alicyclic amines) is 1. The zero-order chi connectivity index (χ0) is 17.1. The van der Waals surface area contributed by atoms with E-state index in [1.807, 2.05) is 0 Å². The van der Waals surface area contributed by atoms with Gasteiger partial charge in [-0.3, -0.25) is 19.5 Å². The van der Waals surface area contributed by atoms with Crippen LogP contribution in [0, 0.1) is 11.6 Å². The first-order chi connectivity index (χ1) is 11.5. The largest absolute Gasteiger partial charge is 0.490 e. The topological polar surface area (TPSA) is 59.5 Å². The maximum Gasteiger partial charge on any atom is 0.229 e. The lowest BCUT2D eigenvalue weighted by Gasteiger charge is -2.14. The van der Waals surface area contributed by atoms with Gasteiger partial charge in [0.15, 0.2) is 11.6 Å². The van der Waals surface area contributed by atoms with E-state index in [9.17, 15) is 18.4 Å². The molecule has 0 atom stereocenters. The lowest BCUT2D eigenvalue weighted by Crippen LogP contribution is -2.33. The molecule has 2 aromatic rings. The average Bonchev–Trinajstić information content (AvgIpc) is 2.90. The van der Waals surface area contributed by atoms with E-state index in [0.29, 0.717) is 17.0 Å². The quantitative estimate of drug-likeness (QED) is 0.790. The van der Waals surface area contributed by atoms with E-state index in [0.717, 1.165) is 12.1 Å². The summed E-state index contributed by atoms with van der Waals surface area (Å²) in [6.45, 7) is 0.367. The molecule has 0 aliphatic carbocycles. The van der Waals surface area contributed by atoms with Crippen molar-refractivity contribution >= 4 is 11.8 Å². The Balaban J connectivity index is 1.59. The van der Waals surface area contributed by atoms with Crippen molar-refractivity contribution in [3.8, 4) is 17.0 Å². The van der Waals surface area contributed by atoms with E-state index in [-0.39, 0.29) is 37.8 Å². The number of imide groups is 1. The van der Waals surface area contributed by atoms with Gasteiger partial charge in [0, 0.05) is 18.4 Å². The highest BCUT2D eigenvalue weighted by atomic mass is 19.2. The summed E-state index contributed by atoms with van der Waals surface area (Å²) in [6.07, 6.45) is 1.96. The Labute approximate surface area is 136 Å². The number of carbonyl (C=O) groups excluding carboxylic acids is 2. The van der Waals surface area contributed by atoms with Gasteiger partial charge in [0.1, 0.15) is 12.4 Å². The minimum atomic E-state index is -0.936. The number of carbonyl (C=O) groups is 2. The van der Waals surface area contributed by atoms with Gasteiger partial charge in [-0.1, -0.05) is 0 Å². The molecule has 5 nitrogen and oxygen atoms in total. The summed E-state index contributed by atoms with van der Waals surface area (Å²) >= 11 is 0. The molecule has 7 heteroatoms. The number of benzene rings is 1. The van der Waals surface area contributed by atoms with Gasteiger partial charge < -0.3 is 4.74 Å². The Morgan fingerprint density at radius 1 is 1.04 bits per heavy atom. The molecule has 1 aromatic heterocycles. The molecule has 0 spiro atoms. The van der Waals surface area contributed by atoms with Crippen LogP contribution in [0.15, 0.2) is 36.5 Å². The van der Waals surface area contributed by atoms with Crippen LogP contribution in [0.25, 0.3) is 11.3 Å². The second kappa shape index (κ2) is 6.74. The van der Waals surface area contributed by atoms with Crippen molar-refractivity contribution in [3.63, 3.8) is 0 Å². The van der Waals surface area contributed by atoms with Crippen LogP contribution in [0.4, 0.5) is 8.78 Å². The van der Waals surface area contributed by atoms with E-state index < -0.39 is 11.6 Å². The van der Waals surface area contributed by atoms with Crippen LogP contribution in [-0.2, 0) is 9.59 Å². The lowest BCUT2D eigenvalue weighted by molar-refractivity contribution is -0.138. The molecule has 0 unspecified atom stereocenters. The second-order valence-corrected chi connectivity index (χ2v) is 5.30. The summed E-state index contributed by atoms with van der Waals surface area (Å²) in [5.41, 5.74) is 0.930. The molecule has 1 aliphatic rings. The Kier molecular flexibility index (Phi) is 4.50. The van der Waals surface area contributed by atoms with Crippen molar-refractivity contribution in [3.05, 3.63) is 48.2 Å². The number of amides is 2. The van der Waals surface area contributed by atoms with Crippen LogP contribution in [0.5, 0.6) is 5.75 Å². The van der Waals surface area contributed by atoms with Crippen LogP contribution in [-0.4, -0.2) is 34.8 Å². The predicted molar refractivity (Wildman–Crippen MR) is 81.0 cm³/mol. The molecule has 2 heterocycles. The standard InChI is InChI=1S/C17H14F2N2O3/c18-13-3-1-11(9-14(13)19)15-4-2-12(10-20-15)24-8-7-21-16(22)5-6-17(21)23/h1-4,9-10H,5-8H2. The summed E-state index contributed by atoms with van der Waals surface area (Å²) in [6, 6.07) is 6.81. The highest BCUT2D eigenvalue weighted by Crippen LogP contribution is 2.21. The summed E-state index contributed by atoms with van der Waals surface area (Å²) < 4.78 is 31.6. The molecule has 1 aromatic carbocycles. The molecule has 24 heavy (non-hydrogen) atoms. The van der Waals surface area contributed by atoms with Gasteiger partial charge in [-0.15, -0.1) is 0 Å². The van der Waals surface area contributed by atoms with Gasteiger partial charge in [-0.25, -0.2) is 8.78 Å². The number of ether oxygens (including phenoxy) is 1. The summed E-state index contributed by atoms with van der Waals surface area (Å²) in [4.78, 5) is 28.2. The van der Waals surface area contributed by atoms with E-state index in [2.05, 4.69) is 4.98 Å². The van der Waals surface area contributed by atoms with Crippen molar-refractivity contribution < 1.29 is 23.1 Å². The molecule has 1 saturated heterocycles. The van der Waals surface area contributed by atoms with Gasteiger partial charge in [0.05, 0.1) is 18.4 Å². The molecule has 1 aliphatic heterocycles. The zero-order valence-electron chi connectivity index (χ0n) is 12.7. The smallest absolute Gasteiger partial charge is 0.229 e. The average molecular weight is 332 g/mol. The van der Waals surface area contributed by atoms with Gasteiger partial charge in [-0.05, 0) is 30.3 Å². The third-order valence-corrected chi connectivity index (χ3v) is 3.69. The Morgan fingerprint density at radius 3 is 2.42 bits per heavy atom. The highest BCUT2D eigenvalue weighted by molar-refractivity contribution is 6.01. The van der Waals surface area contributed by atoms with E-state index in [4.69, 9.17) is 4.74 Å². The third-order valence-electron chi connectivity index (χ3n) is 3.69. The summed E-state index contributed by atoms with van der Waals surface area (Å²) in [5, 5.41) is 0. The Hall–Kier alpha value is -2.83. The fourth-order valence-electron chi connectivity index (χ4n) is 2.42. The maximum absolute atomic E-state index is 13.2. The molecule has 1 fully saturated rings. The molecular weight excluding hydrogens is 318 g/mol. The normalized spacial score (nSPS) is 14.3. The Morgan fingerprint density at radius 2 is 1.79 bits per heavy atom. The first-order valence-electron chi connectivity index (χ1n) is 7.42. The number of pyridine rings is 1. The first-order valence-corrected chi connectivity index (χ1v) is 7.42. The van der Waals surface area contributed by atoms with Crippen LogP contribution < -0.4 is 4.74 Å². The van der Waals surface area contributed by atoms with Crippen LogP contribution in [0.3, 0.4) is 0 Å². The molecule has 3 rings (SSSR count). The third kappa shape index (κ3) is 3.40. The fourth-order valence-corrected chi connectivity index (χ4v) is 2.42. The van der Waals surface area contributed by atoms with Crippen molar-refractivity contribution in [2.24, 2.45) is 0 Å². The minimum absolute atomic E-state index is 0.170. The van der Waals surface area contributed by atoms with Crippen LogP contribution >= 0.6 is 0 Å². The summed E-state index contributed by atoms with van der Waals surface area (Å²) in [5.74, 6) is -1.76. The zero-order valence-corrected chi connectivity index (χ0v) is 12.7.